The Balaban J connectivity index is 4.51. The fourth-order valence-electron chi connectivity index (χ4n) is 11.0. The number of aliphatic hydroxyl groups is 3. The molecule has 0 spiro atoms. The summed E-state index contributed by atoms with van der Waals surface area (Å²) in [5, 5.41) is 42.9. The zero-order valence-corrected chi connectivity index (χ0v) is 59.4. The zero-order valence-electron chi connectivity index (χ0n) is 58.6. The number of carbonyl (C=O) groups is 11. The molecule has 1 rings (SSSR count). The van der Waals surface area contributed by atoms with Crippen molar-refractivity contribution in [3.8, 4) is 0 Å². The Morgan fingerprint density at radius 3 is 1.41 bits per heavy atom. The third-order valence-corrected chi connectivity index (χ3v) is 17.8. The Morgan fingerprint density at radius 2 is 0.956 bits per heavy atom. The van der Waals surface area contributed by atoms with E-state index in [0.29, 0.717) is 0 Å². The fourth-order valence-corrected chi connectivity index (χ4v) is 12.0. The van der Waals surface area contributed by atoms with E-state index in [1.165, 1.54) is 96.6 Å². The van der Waals surface area contributed by atoms with E-state index >= 15 is 19.2 Å². The summed E-state index contributed by atoms with van der Waals surface area (Å²) in [6.07, 6.45) is 2.16. The van der Waals surface area contributed by atoms with Crippen LogP contribution >= 0.6 is 11.8 Å². The van der Waals surface area contributed by atoms with Crippen LogP contribution in [0.3, 0.4) is 0 Å². The molecule has 26 heteroatoms. The van der Waals surface area contributed by atoms with Gasteiger partial charge in [0.15, 0.2) is 5.37 Å². The molecule has 516 valence electrons. The molecule has 1 aliphatic heterocycles. The summed E-state index contributed by atoms with van der Waals surface area (Å²) >= 11 is 0.855. The van der Waals surface area contributed by atoms with Crippen LogP contribution in [0.25, 0.3) is 0 Å². The Morgan fingerprint density at radius 1 is 0.511 bits per heavy atom. The summed E-state index contributed by atoms with van der Waals surface area (Å²) in [5.74, 6) is -10.9. The molecule has 0 unspecified atom stereocenters. The van der Waals surface area contributed by atoms with Crippen molar-refractivity contribution in [1.29, 1.82) is 0 Å². The summed E-state index contributed by atoms with van der Waals surface area (Å²) < 4.78 is 0. The summed E-state index contributed by atoms with van der Waals surface area (Å²) in [7, 11) is 9.59. The van der Waals surface area contributed by atoms with Gasteiger partial charge in [-0.15, -0.1) is 11.8 Å². The Bertz CT molecular complexity index is 2470. The Kier molecular flexibility index (Phi) is 33.8. The number of amides is 11. The van der Waals surface area contributed by atoms with Crippen molar-refractivity contribution in [3.05, 3.63) is 12.2 Å². The molecule has 1 heterocycles. The van der Waals surface area contributed by atoms with E-state index in [-0.39, 0.29) is 62.0 Å². The van der Waals surface area contributed by atoms with Crippen LogP contribution in [0, 0.1) is 35.5 Å². The highest BCUT2D eigenvalue weighted by Gasteiger charge is 2.47. The molecule has 0 aromatic carbocycles. The highest BCUT2D eigenvalue weighted by atomic mass is 32.2. The summed E-state index contributed by atoms with van der Waals surface area (Å²) in [5.41, 5.74) is -1.61. The van der Waals surface area contributed by atoms with E-state index in [4.69, 9.17) is 0 Å². The first-order chi connectivity index (χ1) is 41.5. The predicted molar refractivity (Wildman–Crippen MR) is 348 cm³/mol. The number of hydrogen-bond acceptors (Lipinski definition) is 15. The molecule has 11 amide bonds. The maximum Gasteiger partial charge on any atom is 0.256 e. The average Bonchev–Trinajstić information content (AvgIpc) is 0.843. The molecule has 0 radical (unpaired) electrons. The first-order valence-corrected chi connectivity index (χ1v) is 32.8. The third-order valence-electron chi connectivity index (χ3n) is 16.6. The van der Waals surface area contributed by atoms with Gasteiger partial charge in [-0.05, 0) is 102 Å². The smallest absolute Gasteiger partial charge is 0.256 e. The average molecular weight is 1290 g/mol. The molecule has 7 N–H and O–H groups in total. The van der Waals surface area contributed by atoms with Gasteiger partial charge in [-0.2, -0.15) is 0 Å². The van der Waals surface area contributed by atoms with Crippen molar-refractivity contribution >= 4 is 76.7 Å². The van der Waals surface area contributed by atoms with Crippen molar-refractivity contribution < 1.29 is 68.1 Å². The van der Waals surface area contributed by atoms with E-state index < -0.39 is 167 Å². The van der Waals surface area contributed by atoms with E-state index in [0.717, 1.165) is 26.5 Å². The highest BCUT2D eigenvalue weighted by Crippen LogP contribution is 2.27. The molecule has 0 aromatic heterocycles. The summed E-state index contributed by atoms with van der Waals surface area (Å²) in [6, 6.07) is -13.3. The number of hydrogen-bond donors (Lipinski definition) is 7. The van der Waals surface area contributed by atoms with Crippen LogP contribution in [-0.2, 0) is 52.7 Å². The van der Waals surface area contributed by atoms with E-state index in [1.54, 1.807) is 60.6 Å². The molecule has 1 saturated heterocycles. The van der Waals surface area contributed by atoms with Gasteiger partial charge in [0.05, 0.1) is 18.3 Å². The molecule has 0 bridgehead atoms. The minimum absolute atomic E-state index is 0.0716. The predicted octanol–water partition coefficient (Wildman–Crippen LogP) is 2.44. The lowest BCUT2D eigenvalue weighted by molar-refractivity contribution is -0.157. The monoisotopic (exact) mass is 1290 g/mol. The van der Waals surface area contributed by atoms with Gasteiger partial charge in [0.25, 0.3) is 5.91 Å². The molecular weight excluding hydrogens is 1180 g/mol. The maximum absolute atomic E-state index is 15.3. The Labute approximate surface area is 541 Å². The summed E-state index contributed by atoms with van der Waals surface area (Å²) in [6.45, 7) is 28.1. The second-order valence-electron chi connectivity index (χ2n) is 27.1. The molecular formula is C64H115N11O14S. The van der Waals surface area contributed by atoms with Crippen LogP contribution in [0.15, 0.2) is 12.2 Å². The number of allylic oxidation sites excluding steroid dienone is 2. The SMILES string of the molecule is C/C=C/C[C@@H](C)[C@@H](O)[C@H]1C(=O)N[C@@H](CC)C(=O)N(C)[C@H](SCCO)C(=O)N(C)[C@@H](CC(C)(C)O)C(=O)N[C@@H](C(C)C)C(=O)N(C)[C@@H](CC(C)C)C(=O)N[C@@H](C)C(=O)N[C@H](C)C(=O)N(C)[C@@H](CC(C)C)C(=O)N(C)[C@@H](CC(C)C)C(=O)N(C)[C@@H](C(C)C)C(=O)N1C. The van der Waals surface area contributed by atoms with Gasteiger partial charge in [-0.3, -0.25) is 52.7 Å². The second-order valence-corrected chi connectivity index (χ2v) is 28.3. The number of thioether (sulfide) groups is 1. The van der Waals surface area contributed by atoms with Crippen LogP contribution in [0.2, 0.25) is 0 Å². The fraction of sp³-hybridized carbons (Fsp3) is 0.797. The van der Waals surface area contributed by atoms with E-state index in [1.807, 2.05) is 41.5 Å². The number of likely N-dealkylation sites (N-methyl/N-ethyl adjacent to an activating group) is 7. The quantitative estimate of drug-likeness (QED) is 0.0970. The minimum Gasteiger partial charge on any atom is -0.396 e. The van der Waals surface area contributed by atoms with E-state index in [9.17, 15) is 48.9 Å². The maximum atomic E-state index is 15.3. The van der Waals surface area contributed by atoms with Gasteiger partial charge < -0.3 is 70.9 Å². The van der Waals surface area contributed by atoms with Gasteiger partial charge in [0.2, 0.25) is 59.1 Å². The number of nitrogens with zero attached hydrogens (tertiary/aromatic N) is 7. The highest BCUT2D eigenvalue weighted by molar-refractivity contribution is 8.00. The zero-order chi connectivity index (χ0) is 69.9. The molecule has 1 fully saturated rings. The Hall–Kier alpha value is -5.86. The van der Waals surface area contributed by atoms with Crippen molar-refractivity contribution in [2.75, 3.05) is 61.7 Å². The molecule has 90 heavy (non-hydrogen) atoms. The van der Waals surface area contributed by atoms with Crippen molar-refractivity contribution in [2.24, 2.45) is 35.5 Å². The van der Waals surface area contributed by atoms with Crippen molar-refractivity contribution in [1.82, 2.24) is 55.6 Å². The van der Waals surface area contributed by atoms with Gasteiger partial charge in [-0.25, -0.2) is 0 Å². The molecule has 0 aromatic rings. The van der Waals surface area contributed by atoms with Crippen molar-refractivity contribution in [2.45, 2.75) is 234 Å². The number of nitrogens with one attached hydrogen (secondary N) is 4. The van der Waals surface area contributed by atoms with E-state index in [2.05, 4.69) is 21.3 Å². The molecule has 1 aliphatic rings. The van der Waals surface area contributed by atoms with Gasteiger partial charge in [-0.1, -0.05) is 95.2 Å². The van der Waals surface area contributed by atoms with Crippen molar-refractivity contribution in [3.63, 3.8) is 0 Å². The van der Waals surface area contributed by atoms with Crippen LogP contribution in [0.5, 0.6) is 0 Å². The van der Waals surface area contributed by atoms with Crippen LogP contribution < -0.4 is 21.3 Å². The van der Waals surface area contributed by atoms with Gasteiger partial charge in [0.1, 0.15) is 60.4 Å². The van der Waals surface area contributed by atoms with Crippen LogP contribution in [0.4, 0.5) is 0 Å². The molecule has 25 nitrogen and oxygen atoms in total. The molecule has 13 atom stereocenters. The summed E-state index contributed by atoms with van der Waals surface area (Å²) in [4.78, 5) is 171. The van der Waals surface area contributed by atoms with Gasteiger partial charge in [0, 0.05) is 61.5 Å². The lowest BCUT2D eigenvalue weighted by Gasteiger charge is -2.41. The lowest BCUT2D eigenvalue weighted by Crippen LogP contribution is -2.64. The third kappa shape index (κ3) is 23.1. The number of aliphatic hydroxyl groups excluding tert-OH is 2. The first-order valence-electron chi connectivity index (χ1n) is 31.8. The molecule has 0 aliphatic carbocycles. The first kappa shape index (κ1) is 82.2. The van der Waals surface area contributed by atoms with Crippen LogP contribution in [0.1, 0.15) is 156 Å². The second kappa shape index (κ2) is 37.0. The van der Waals surface area contributed by atoms with Gasteiger partial charge >= 0.3 is 0 Å². The standard InChI is InChI=1S/C64H115N11O14S/c1-25-27-28-40(13)51(77)50-55(81)67-43(26-2)57(83)75(24)63(90-30-29-76)62(88)72(21)47(34-64(16,17)89)54(80)68-48(38(9)10)60(86)69(18)44(31-35(3)4)53(79)65-41(14)52(78)66-42(15)56(82)70(19)45(32-36(5)6)58(84)71(20)46(33-37(7)8)59(85)73(22)49(39(11)12)61(87)74(50)23/h25,27,35-51,63,76-77,89H,26,28-34H2,1-24H3,(H,65,79)(H,66,78)(H,67,81)(H,68,80)/b27-25+/t40-,41+,42-,43+,44+,45+,46+,47+,48+,49+,50+,51-,63-/m1/s1. The molecule has 0 saturated carbocycles. The van der Waals surface area contributed by atoms with Crippen LogP contribution in [-0.4, -0.2) is 254 Å². The minimum atomic E-state index is -1.68. The lowest BCUT2D eigenvalue weighted by atomic mass is 9.91. The largest absolute Gasteiger partial charge is 0.396 e. The number of rotatable bonds is 18. The normalized spacial score (nSPS) is 27.0. The number of carbonyl (C=O) groups excluding carboxylic acids is 11. The topological polar surface area (TPSA) is 319 Å².